The van der Waals surface area contributed by atoms with E-state index in [-0.39, 0.29) is 11.9 Å². The van der Waals surface area contributed by atoms with Gasteiger partial charge in [-0.2, -0.15) is 0 Å². The van der Waals surface area contributed by atoms with Crippen LogP contribution in [0.2, 0.25) is 0 Å². The molecule has 1 aliphatic heterocycles. The van der Waals surface area contributed by atoms with E-state index in [1.807, 2.05) is 4.90 Å². The highest BCUT2D eigenvalue weighted by atomic mass is 16.5. The molecule has 0 aromatic carbocycles. The van der Waals surface area contributed by atoms with Crippen LogP contribution in [-0.2, 0) is 9.53 Å². The molecule has 20 heavy (non-hydrogen) atoms. The summed E-state index contributed by atoms with van der Waals surface area (Å²) >= 11 is 0. The van der Waals surface area contributed by atoms with Gasteiger partial charge >= 0.3 is 5.97 Å². The van der Waals surface area contributed by atoms with Crippen LogP contribution in [0.5, 0.6) is 0 Å². The molecule has 1 aliphatic rings. The molecule has 1 saturated heterocycles. The van der Waals surface area contributed by atoms with E-state index < -0.39 is 0 Å². The fourth-order valence-corrected chi connectivity index (χ4v) is 2.20. The van der Waals surface area contributed by atoms with Gasteiger partial charge in [-0.05, 0) is 12.1 Å². The van der Waals surface area contributed by atoms with Crippen molar-refractivity contribution in [1.82, 2.24) is 14.8 Å². The van der Waals surface area contributed by atoms with Gasteiger partial charge in [0.1, 0.15) is 0 Å². The molecule has 0 aliphatic carbocycles. The number of amides is 1. The third-order valence-electron chi connectivity index (χ3n) is 3.45. The Kier molecular flexibility index (Phi) is 5.06. The molecular weight excluding hydrogens is 258 g/mol. The average molecular weight is 277 g/mol. The number of ether oxygens (including phenoxy) is 1. The van der Waals surface area contributed by atoms with Gasteiger partial charge in [0.25, 0.3) is 5.91 Å². The minimum Gasteiger partial charge on any atom is -0.469 e. The molecule has 0 N–H and O–H groups in total. The maximum Gasteiger partial charge on any atom is 0.306 e. The zero-order valence-electron chi connectivity index (χ0n) is 11.6. The first-order chi connectivity index (χ1) is 9.70. The van der Waals surface area contributed by atoms with Gasteiger partial charge in [0, 0.05) is 50.7 Å². The number of carbonyl (C=O) groups is 2. The first-order valence-corrected chi connectivity index (χ1v) is 6.69. The van der Waals surface area contributed by atoms with E-state index in [9.17, 15) is 9.59 Å². The van der Waals surface area contributed by atoms with Crippen molar-refractivity contribution in [1.29, 1.82) is 0 Å². The lowest BCUT2D eigenvalue weighted by molar-refractivity contribution is -0.141. The highest BCUT2D eigenvalue weighted by Gasteiger charge is 2.22. The number of carbonyl (C=O) groups excluding carboxylic acids is 2. The summed E-state index contributed by atoms with van der Waals surface area (Å²) < 4.78 is 4.62. The second-order valence-corrected chi connectivity index (χ2v) is 4.70. The van der Waals surface area contributed by atoms with Gasteiger partial charge in [0.2, 0.25) is 0 Å². The Morgan fingerprint density at radius 1 is 1.20 bits per heavy atom. The molecule has 1 aromatic rings. The summed E-state index contributed by atoms with van der Waals surface area (Å²) in [6.45, 7) is 3.62. The summed E-state index contributed by atoms with van der Waals surface area (Å²) in [7, 11) is 1.40. The van der Waals surface area contributed by atoms with E-state index >= 15 is 0 Å². The molecule has 0 radical (unpaired) electrons. The van der Waals surface area contributed by atoms with E-state index in [4.69, 9.17) is 0 Å². The Hall–Kier alpha value is -1.95. The van der Waals surface area contributed by atoms with Crippen molar-refractivity contribution >= 4 is 11.9 Å². The van der Waals surface area contributed by atoms with Crippen LogP contribution in [-0.4, -0.2) is 66.5 Å². The third-order valence-corrected chi connectivity index (χ3v) is 3.45. The Labute approximate surface area is 118 Å². The van der Waals surface area contributed by atoms with Gasteiger partial charge in [-0.3, -0.25) is 19.5 Å². The van der Waals surface area contributed by atoms with Crippen LogP contribution in [0.4, 0.5) is 0 Å². The topological polar surface area (TPSA) is 62.7 Å². The zero-order valence-corrected chi connectivity index (χ0v) is 11.6. The second-order valence-electron chi connectivity index (χ2n) is 4.70. The number of aromatic nitrogens is 1. The monoisotopic (exact) mass is 277 g/mol. The Balaban J connectivity index is 1.79. The molecule has 0 spiro atoms. The van der Waals surface area contributed by atoms with Crippen LogP contribution in [0.15, 0.2) is 24.5 Å². The van der Waals surface area contributed by atoms with E-state index in [1.165, 1.54) is 7.11 Å². The predicted molar refractivity (Wildman–Crippen MR) is 73.2 cm³/mol. The Morgan fingerprint density at radius 2 is 1.85 bits per heavy atom. The third kappa shape index (κ3) is 3.77. The van der Waals surface area contributed by atoms with Crippen molar-refractivity contribution in [3.8, 4) is 0 Å². The van der Waals surface area contributed by atoms with E-state index in [1.54, 1.807) is 24.5 Å². The molecule has 6 heteroatoms. The minimum absolute atomic E-state index is 0.0417. The van der Waals surface area contributed by atoms with Gasteiger partial charge in [0.05, 0.1) is 13.5 Å². The summed E-state index contributed by atoms with van der Waals surface area (Å²) in [6, 6.07) is 3.46. The summed E-state index contributed by atoms with van der Waals surface area (Å²) in [6.07, 6.45) is 3.65. The fraction of sp³-hybridized carbons (Fsp3) is 0.500. The quantitative estimate of drug-likeness (QED) is 0.746. The van der Waals surface area contributed by atoms with Gasteiger partial charge in [-0.25, -0.2) is 0 Å². The molecule has 108 valence electrons. The normalized spacial score (nSPS) is 15.9. The Bertz CT molecular complexity index is 456. The van der Waals surface area contributed by atoms with Crippen molar-refractivity contribution in [3.05, 3.63) is 30.1 Å². The lowest BCUT2D eigenvalue weighted by Crippen LogP contribution is -2.49. The number of esters is 1. The molecule has 0 atom stereocenters. The molecule has 1 aromatic heterocycles. The van der Waals surface area contributed by atoms with Crippen molar-refractivity contribution in [2.45, 2.75) is 6.42 Å². The van der Waals surface area contributed by atoms with E-state index in [2.05, 4.69) is 14.6 Å². The maximum absolute atomic E-state index is 12.2. The van der Waals surface area contributed by atoms with Crippen LogP contribution in [0.3, 0.4) is 0 Å². The number of hydrogen-bond donors (Lipinski definition) is 0. The molecule has 0 bridgehead atoms. The predicted octanol–water partition coefficient (Wildman–Crippen LogP) is 0.402. The van der Waals surface area contributed by atoms with Crippen LogP contribution < -0.4 is 0 Å². The highest BCUT2D eigenvalue weighted by molar-refractivity contribution is 5.94. The number of methoxy groups -OCH3 is 1. The van der Waals surface area contributed by atoms with E-state index in [0.717, 1.165) is 13.1 Å². The van der Waals surface area contributed by atoms with Crippen LogP contribution in [0.25, 0.3) is 0 Å². The molecule has 2 rings (SSSR count). The van der Waals surface area contributed by atoms with E-state index in [0.29, 0.717) is 31.6 Å². The number of pyridine rings is 1. The lowest BCUT2D eigenvalue weighted by Gasteiger charge is -2.34. The number of hydrogen-bond acceptors (Lipinski definition) is 5. The Morgan fingerprint density at radius 3 is 2.45 bits per heavy atom. The van der Waals surface area contributed by atoms with Gasteiger partial charge in [0.15, 0.2) is 0 Å². The number of piperazine rings is 1. The van der Waals surface area contributed by atoms with Crippen molar-refractivity contribution in [3.63, 3.8) is 0 Å². The van der Waals surface area contributed by atoms with Crippen LogP contribution in [0.1, 0.15) is 16.8 Å². The molecule has 1 amide bonds. The number of nitrogens with zero attached hydrogens (tertiary/aromatic N) is 3. The molecule has 1 fully saturated rings. The first-order valence-electron chi connectivity index (χ1n) is 6.69. The lowest BCUT2D eigenvalue weighted by atomic mass is 10.2. The second kappa shape index (κ2) is 7.00. The summed E-state index contributed by atoms with van der Waals surface area (Å²) in [5, 5.41) is 0. The summed E-state index contributed by atoms with van der Waals surface area (Å²) in [5.74, 6) is -0.152. The van der Waals surface area contributed by atoms with Crippen LogP contribution in [0, 0.1) is 0 Å². The standard InChI is InChI=1S/C14H19N3O3/c1-20-13(18)4-7-16-8-10-17(11-9-16)14(19)12-2-5-15-6-3-12/h2-3,5-6H,4,7-11H2,1H3. The smallest absolute Gasteiger partial charge is 0.306 e. The molecule has 2 heterocycles. The highest BCUT2D eigenvalue weighted by Crippen LogP contribution is 2.08. The number of rotatable bonds is 4. The first kappa shape index (κ1) is 14.5. The minimum atomic E-state index is -0.194. The summed E-state index contributed by atoms with van der Waals surface area (Å²) in [4.78, 5) is 31.2. The van der Waals surface area contributed by atoms with Crippen molar-refractivity contribution < 1.29 is 14.3 Å². The molecular formula is C14H19N3O3. The van der Waals surface area contributed by atoms with Gasteiger partial charge in [-0.1, -0.05) is 0 Å². The zero-order chi connectivity index (χ0) is 14.4. The largest absolute Gasteiger partial charge is 0.469 e. The van der Waals surface area contributed by atoms with Gasteiger partial charge in [-0.15, -0.1) is 0 Å². The molecule has 0 saturated carbocycles. The fourth-order valence-electron chi connectivity index (χ4n) is 2.20. The van der Waals surface area contributed by atoms with Crippen molar-refractivity contribution in [2.24, 2.45) is 0 Å². The SMILES string of the molecule is COC(=O)CCN1CCN(C(=O)c2ccncc2)CC1. The molecule has 6 nitrogen and oxygen atoms in total. The van der Waals surface area contributed by atoms with Gasteiger partial charge < -0.3 is 9.64 Å². The van der Waals surface area contributed by atoms with Crippen LogP contribution >= 0.6 is 0 Å². The average Bonchev–Trinajstić information content (AvgIpc) is 2.53. The summed E-state index contributed by atoms with van der Waals surface area (Å²) in [5.41, 5.74) is 0.669. The maximum atomic E-state index is 12.2. The molecule has 0 unspecified atom stereocenters. The van der Waals surface area contributed by atoms with Crippen molar-refractivity contribution in [2.75, 3.05) is 39.8 Å².